The molecule has 1 aromatic carbocycles. The van der Waals surface area contributed by atoms with Gasteiger partial charge in [0.2, 0.25) is 5.91 Å². The van der Waals surface area contributed by atoms with Gasteiger partial charge in [0.1, 0.15) is 11.4 Å². The highest BCUT2D eigenvalue weighted by molar-refractivity contribution is 5.90. The van der Waals surface area contributed by atoms with Gasteiger partial charge >= 0.3 is 5.97 Å². The fourth-order valence-electron chi connectivity index (χ4n) is 1.54. The molecule has 0 aliphatic heterocycles. The molecule has 0 unspecified atom stereocenters. The Morgan fingerprint density at radius 3 is 2.55 bits per heavy atom. The van der Waals surface area contributed by atoms with Crippen LogP contribution in [0.4, 0.5) is 5.69 Å². The van der Waals surface area contributed by atoms with Gasteiger partial charge in [0.25, 0.3) is 0 Å². The quantitative estimate of drug-likeness (QED) is 0.892. The number of aromatic nitrogens is 1. The molecule has 102 valence electrons. The first-order chi connectivity index (χ1) is 9.56. The molecule has 1 amide bonds. The van der Waals surface area contributed by atoms with E-state index in [0.29, 0.717) is 17.2 Å². The maximum absolute atomic E-state index is 11.1. The molecule has 0 aliphatic carbocycles. The standard InChI is InChI=1S/C14H12N2O4/c1-9(17)16-11-4-2-3-5-13(11)20-10-6-7-12(14(18)19)15-8-10/h2-8H,1H3,(H,16,17)(H,18,19). The summed E-state index contributed by atoms with van der Waals surface area (Å²) < 4.78 is 5.57. The molecule has 0 saturated carbocycles. The number of rotatable bonds is 4. The molecule has 2 N–H and O–H groups in total. The van der Waals surface area contributed by atoms with E-state index in [4.69, 9.17) is 9.84 Å². The van der Waals surface area contributed by atoms with Gasteiger partial charge in [-0.15, -0.1) is 0 Å². The zero-order valence-corrected chi connectivity index (χ0v) is 10.7. The van der Waals surface area contributed by atoms with Crippen LogP contribution in [0.25, 0.3) is 0 Å². The molecule has 2 rings (SSSR count). The first-order valence-electron chi connectivity index (χ1n) is 5.80. The molecule has 20 heavy (non-hydrogen) atoms. The fraction of sp³-hybridized carbons (Fsp3) is 0.0714. The van der Waals surface area contributed by atoms with Crippen LogP contribution in [0.5, 0.6) is 11.5 Å². The molecule has 6 heteroatoms. The Hall–Kier alpha value is -2.89. The van der Waals surface area contributed by atoms with Crippen molar-refractivity contribution in [3.63, 3.8) is 0 Å². The van der Waals surface area contributed by atoms with Gasteiger partial charge < -0.3 is 15.2 Å². The van der Waals surface area contributed by atoms with E-state index in [0.717, 1.165) is 0 Å². The summed E-state index contributed by atoms with van der Waals surface area (Å²) in [4.78, 5) is 25.5. The van der Waals surface area contributed by atoms with Crippen molar-refractivity contribution in [2.75, 3.05) is 5.32 Å². The lowest BCUT2D eigenvalue weighted by atomic mass is 10.3. The van der Waals surface area contributed by atoms with Gasteiger partial charge in [-0.25, -0.2) is 9.78 Å². The Morgan fingerprint density at radius 1 is 1.20 bits per heavy atom. The Bertz CT molecular complexity index is 638. The van der Waals surface area contributed by atoms with Crippen LogP contribution in [0.1, 0.15) is 17.4 Å². The van der Waals surface area contributed by atoms with Crippen molar-refractivity contribution < 1.29 is 19.4 Å². The van der Waals surface area contributed by atoms with E-state index in [9.17, 15) is 9.59 Å². The van der Waals surface area contributed by atoms with Crippen LogP contribution in [0.3, 0.4) is 0 Å². The van der Waals surface area contributed by atoms with Crippen LogP contribution < -0.4 is 10.1 Å². The van der Waals surface area contributed by atoms with Gasteiger partial charge in [0.15, 0.2) is 5.75 Å². The molecule has 0 spiro atoms. The maximum atomic E-state index is 11.1. The molecular formula is C14H12N2O4. The minimum atomic E-state index is -1.10. The third kappa shape index (κ3) is 3.32. The number of amides is 1. The molecule has 6 nitrogen and oxygen atoms in total. The summed E-state index contributed by atoms with van der Waals surface area (Å²) in [6.07, 6.45) is 1.31. The highest BCUT2D eigenvalue weighted by Crippen LogP contribution is 2.28. The van der Waals surface area contributed by atoms with Crippen LogP contribution in [-0.4, -0.2) is 22.0 Å². The number of nitrogens with one attached hydrogen (secondary N) is 1. The van der Waals surface area contributed by atoms with Crippen LogP contribution in [-0.2, 0) is 4.79 Å². The number of aromatic carboxylic acids is 1. The third-order valence-corrected chi connectivity index (χ3v) is 2.38. The van der Waals surface area contributed by atoms with Crippen molar-refractivity contribution in [3.05, 3.63) is 48.3 Å². The summed E-state index contributed by atoms with van der Waals surface area (Å²) in [6, 6.07) is 9.77. The number of pyridine rings is 1. The predicted octanol–water partition coefficient (Wildman–Crippen LogP) is 2.53. The Balaban J connectivity index is 2.21. The highest BCUT2D eigenvalue weighted by atomic mass is 16.5. The van der Waals surface area contributed by atoms with E-state index >= 15 is 0 Å². The molecule has 0 aliphatic rings. The Labute approximate surface area is 115 Å². The van der Waals surface area contributed by atoms with Gasteiger partial charge in [0.05, 0.1) is 11.9 Å². The number of benzene rings is 1. The number of carbonyl (C=O) groups is 2. The second-order valence-electron chi connectivity index (χ2n) is 3.96. The first kappa shape index (κ1) is 13.5. The van der Waals surface area contributed by atoms with Crippen LogP contribution in [0, 0.1) is 0 Å². The molecule has 1 heterocycles. The molecule has 0 bridgehead atoms. The monoisotopic (exact) mass is 272 g/mol. The summed E-state index contributed by atoms with van der Waals surface area (Å²) in [7, 11) is 0. The van der Waals surface area contributed by atoms with Crippen molar-refractivity contribution in [2.24, 2.45) is 0 Å². The largest absolute Gasteiger partial charge is 0.477 e. The average molecular weight is 272 g/mol. The average Bonchev–Trinajstić information content (AvgIpc) is 2.41. The van der Waals surface area contributed by atoms with E-state index < -0.39 is 5.97 Å². The van der Waals surface area contributed by atoms with E-state index in [1.54, 1.807) is 24.3 Å². The van der Waals surface area contributed by atoms with Crippen molar-refractivity contribution >= 4 is 17.6 Å². The van der Waals surface area contributed by atoms with E-state index in [2.05, 4.69) is 10.3 Å². The smallest absolute Gasteiger partial charge is 0.354 e. The van der Waals surface area contributed by atoms with Crippen LogP contribution in [0.2, 0.25) is 0 Å². The van der Waals surface area contributed by atoms with Gasteiger partial charge in [-0.2, -0.15) is 0 Å². The van der Waals surface area contributed by atoms with Gasteiger partial charge in [0, 0.05) is 6.92 Å². The molecule has 0 radical (unpaired) electrons. The zero-order valence-electron chi connectivity index (χ0n) is 10.7. The second-order valence-corrected chi connectivity index (χ2v) is 3.96. The van der Waals surface area contributed by atoms with Crippen molar-refractivity contribution in [2.45, 2.75) is 6.92 Å². The summed E-state index contributed by atoms with van der Waals surface area (Å²) in [5.74, 6) is -0.476. The molecule has 2 aromatic rings. The van der Waals surface area contributed by atoms with Crippen molar-refractivity contribution in [3.8, 4) is 11.5 Å². The topological polar surface area (TPSA) is 88.5 Å². The Morgan fingerprint density at radius 2 is 1.95 bits per heavy atom. The van der Waals surface area contributed by atoms with E-state index in [1.165, 1.54) is 25.3 Å². The van der Waals surface area contributed by atoms with Gasteiger partial charge in [-0.3, -0.25) is 4.79 Å². The SMILES string of the molecule is CC(=O)Nc1ccccc1Oc1ccc(C(=O)O)nc1. The lowest BCUT2D eigenvalue weighted by Gasteiger charge is -2.10. The lowest BCUT2D eigenvalue weighted by molar-refractivity contribution is -0.114. The molecule has 1 aromatic heterocycles. The second kappa shape index (κ2) is 5.83. The van der Waals surface area contributed by atoms with Crippen molar-refractivity contribution in [1.82, 2.24) is 4.98 Å². The van der Waals surface area contributed by atoms with Crippen molar-refractivity contribution in [1.29, 1.82) is 0 Å². The number of nitrogens with zero attached hydrogens (tertiary/aromatic N) is 1. The summed E-state index contributed by atoms with van der Waals surface area (Å²) >= 11 is 0. The Kier molecular flexibility index (Phi) is 3.95. The fourth-order valence-corrected chi connectivity index (χ4v) is 1.54. The van der Waals surface area contributed by atoms with Gasteiger partial charge in [-0.1, -0.05) is 12.1 Å². The number of carboxylic acids is 1. The number of carbonyl (C=O) groups excluding carboxylic acids is 1. The number of para-hydroxylation sites is 2. The molecule has 0 saturated heterocycles. The minimum absolute atomic E-state index is 0.0625. The normalized spacial score (nSPS) is 9.85. The number of hydrogen-bond acceptors (Lipinski definition) is 4. The maximum Gasteiger partial charge on any atom is 0.354 e. The molecule has 0 fully saturated rings. The number of carboxylic acid groups (broad SMARTS) is 1. The highest BCUT2D eigenvalue weighted by Gasteiger charge is 2.08. The number of anilines is 1. The van der Waals surface area contributed by atoms with Crippen LogP contribution in [0.15, 0.2) is 42.6 Å². The predicted molar refractivity (Wildman–Crippen MR) is 72.0 cm³/mol. The third-order valence-electron chi connectivity index (χ3n) is 2.38. The summed E-state index contributed by atoms with van der Waals surface area (Å²) in [5, 5.41) is 11.4. The number of hydrogen-bond donors (Lipinski definition) is 2. The summed E-state index contributed by atoms with van der Waals surface area (Å²) in [5.41, 5.74) is 0.467. The van der Waals surface area contributed by atoms with E-state index in [1.807, 2.05) is 0 Å². The molecule has 0 atom stereocenters. The number of ether oxygens (including phenoxy) is 1. The minimum Gasteiger partial charge on any atom is -0.477 e. The summed E-state index contributed by atoms with van der Waals surface area (Å²) in [6.45, 7) is 1.40. The van der Waals surface area contributed by atoms with E-state index in [-0.39, 0.29) is 11.6 Å². The zero-order chi connectivity index (χ0) is 14.5. The lowest BCUT2D eigenvalue weighted by Crippen LogP contribution is -2.06. The van der Waals surface area contributed by atoms with Crippen LogP contribution >= 0.6 is 0 Å². The molecular weight excluding hydrogens is 260 g/mol. The van der Waals surface area contributed by atoms with Gasteiger partial charge in [-0.05, 0) is 24.3 Å². The first-order valence-corrected chi connectivity index (χ1v) is 5.80.